The van der Waals surface area contributed by atoms with Gasteiger partial charge < -0.3 is 14.8 Å². The Labute approximate surface area is 170 Å². The Kier molecular flexibility index (Phi) is 4.43. The number of benzene rings is 2. The first-order valence-electron chi connectivity index (χ1n) is 10.4. The Morgan fingerprint density at radius 2 is 1.72 bits per heavy atom. The Morgan fingerprint density at radius 1 is 1.03 bits per heavy atom. The smallest absolute Gasteiger partial charge is 0.254 e. The van der Waals surface area contributed by atoms with Crippen LogP contribution < -0.4 is 5.32 Å². The number of nitrogens with one attached hydrogen (secondary N) is 1. The maximum atomic E-state index is 14.1. The van der Waals surface area contributed by atoms with Crippen molar-refractivity contribution in [1.29, 1.82) is 0 Å². The fourth-order valence-electron chi connectivity index (χ4n) is 5.37. The van der Waals surface area contributed by atoms with Crippen LogP contribution in [0.5, 0.6) is 0 Å². The molecule has 1 amide bonds. The first kappa shape index (κ1) is 18.4. The highest BCUT2D eigenvalue weighted by atomic mass is 19.1. The number of hydrogen-bond acceptors (Lipinski definition) is 2. The van der Waals surface area contributed by atoms with Gasteiger partial charge in [0.05, 0.1) is 11.3 Å². The van der Waals surface area contributed by atoms with Crippen molar-refractivity contribution in [2.45, 2.75) is 43.8 Å². The molecule has 0 radical (unpaired) electrons. The summed E-state index contributed by atoms with van der Waals surface area (Å²) < 4.78 is 16.1. The van der Waals surface area contributed by atoms with E-state index in [1.807, 2.05) is 41.9 Å². The predicted molar refractivity (Wildman–Crippen MR) is 113 cm³/mol. The Morgan fingerprint density at radius 3 is 2.41 bits per heavy atom. The van der Waals surface area contributed by atoms with Crippen molar-refractivity contribution in [2.24, 2.45) is 7.05 Å². The lowest BCUT2D eigenvalue weighted by Gasteiger charge is -2.36. The third-order valence-electron chi connectivity index (χ3n) is 6.87. The zero-order valence-electron chi connectivity index (χ0n) is 16.9. The lowest BCUT2D eigenvalue weighted by molar-refractivity contribution is 0.0884. The zero-order valence-corrected chi connectivity index (χ0v) is 16.9. The van der Waals surface area contributed by atoms with Crippen LogP contribution in [0.3, 0.4) is 0 Å². The molecule has 0 saturated carbocycles. The molecule has 0 spiro atoms. The molecular weight excluding hydrogens is 365 g/mol. The van der Waals surface area contributed by atoms with Crippen LogP contribution >= 0.6 is 0 Å². The van der Waals surface area contributed by atoms with Gasteiger partial charge in [-0.2, -0.15) is 0 Å². The number of carbonyl (C=O) groups is 1. The maximum absolute atomic E-state index is 14.1. The fraction of sp³-hybridized carbons (Fsp3) is 0.375. The molecule has 2 aliphatic rings. The average Bonchev–Trinajstić information content (AvgIpc) is 3.09. The number of rotatable bonds is 3. The van der Waals surface area contributed by atoms with E-state index in [-0.39, 0.29) is 17.8 Å². The van der Waals surface area contributed by atoms with E-state index in [4.69, 9.17) is 0 Å². The van der Waals surface area contributed by atoms with Crippen LogP contribution in [0.15, 0.2) is 48.5 Å². The molecule has 1 aromatic heterocycles. The lowest BCUT2D eigenvalue weighted by Crippen LogP contribution is -2.48. The van der Waals surface area contributed by atoms with Crippen molar-refractivity contribution in [3.05, 3.63) is 59.9 Å². The van der Waals surface area contributed by atoms with Gasteiger partial charge in [-0.3, -0.25) is 4.79 Å². The number of nitrogens with zero attached hydrogens (tertiary/aromatic N) is 2. The largest absolute Gasteiger partial charge is 0.349 e. The highest BCUT2D eigenvalue weighted by molar-refractivity contribution is 6.12. The van der Waals surface area contributed by atoms with Crippen LogP contribution in [0.25, 0.3) is 22.2 Å². The van der Waals surface area contributed by atoms with Crippen LogP contribution in [-0.2, 0) is 7.05 Å². The third-order valence-corrected chi connectivity index (χ3v) is 6.87. The van der Waals surface area contributed by atoms with Gasteiger partial charge in [-0.25, -0.2) is 4.39 Å². The molecule has 0 aliphatic carbocycles. The first-order chi connectivity index (χ1) is 14.0. The number of hydrogen-bond donors (Lipinski definition) is 1. The molecular formula is C24H26FN3O. The maximum Gasteiger partial charge on any atom is 0.254 e. The van der Waals surface area contributed by atoms with Gasteiger partial charge >= 0.3 is 0 Å². The van der Waals surface area contributed by atoms with E-state index in [0.29, 0.717) is 23.0 Å². The number of amides is 1. The second kappa shape index (κ2) is 6.99. The lowest BCUT2D eigenvalue weighted by atomic mass is 9.97. The van der Waals surface area contributed by atoms with E-state index < -0.39 is 0 Å². The van der Waals surface area contributed by atoms with E-state index >= 15 is 0 Å². The minimum absolute atomic E-state index is 0.103. The second-order valence-electron chi connectivity index (χ2n) is 8.50. The number of piperidine rings is 1. The molecule has 1 unspecified atom stereocenters. The van der Waals surface area contributed by atoms with Crippen molar-refractivity contribution < 1.29 is 9.18 Å². The highest BCUT2D eigenvalue weighted by Crippen LogP contribution is 2.36. The van der Waals surface area contributed by atoms with E-state index in [0.717, 1.165) is 29.6 Å². The molecule has 150 valence electrons. The average molecular weight is 391 g/mol. The van der Waals surface area contributed by atoms with E-state index in [2.05, 4.69) is 17.3 Å². The van der Waals surface area contributed by atoms with Crippen molar-refractivity contribution in [1.82, 2.24) is 14.8 Å². The van der Waals surface area contributed by atoms with Crippen LogP contribution in [-0.4, -0.2) is 40.5 Å². The fourth-order valence-corrected chi connectivity index (χ4v) is 5.37. The highest BCUT2D eigenvalue weighted by Gasteiger charge is 2.39. The number of aryl methyl sites for hydroxylation is 1. The zero-order chi connectivity index (χ0) is 20.1. The minimum atomic E-state index is -0.325. The molecule has 3 aromatic rings. The summed E-state index contributed by atoms with van der Waals surface area (Å²) in [7, 11) is 4.14. The Balaban J connectivity index is 1.56. The summed E-state index contributed by atoms with van der Waals surface area (Å²) in [6, 6.07) is 15.8. The van der Waals surface area contributed by atoms with Gasteiger partial charge in [0.2, 0.25) is 0 Å². The number of aromatic nitrogens is 1. The third kappa shape index (κ3) is 3.04. The van der Waals surface area contributed by atoms with Crippen LogP contribution in [0.2, 0.25) is 0 Å². The monoisotopic (exact) mass is 391 g/mol. The van der Waals surface area contributed by atoms with Gasteiger partial charge in [0.1, 0.15) is 5.82 Å². The summed E-state index contributed by atoms with van der Waals surface area (Å²) in [5.74, 6) is -0.428. The summed E-state index contributed by atoms with van der Waals surface area (Å²) in [4.78, 5) is 16.0. The van der Waals surface area contributed by atoms with Crippen LogP contribution in [0.1, 0.15) is 36.0 Å². The topological polar surface area (TPSA) is 37.3 Å². The van der Waals surface area contributed by atoms with Gasteiger partial charge in [0.25, 0.3) is 5.91 Å². The molecule has 3 heterocycles. The molecule has 1 N–H and O–H groups in total. The van der Waals surface area contributed by atoms with Gasteiger partial charge in [-0.05, 0) is 56.5 Å². The molecule has 2 aromatic carbocycles. The van der Waals surface area contributed by atoms with Crippen molar-refractivity contribution in [2.75, 3.05) is 7.05 Å². The van der Waals surface area contributed by atoms with Gasteiger partial charge in [0, 0.05) is 36.1 Å². The molecule has 2 bridgehead atoms. The van der Waals surface area contributed by atoms with Gasteiger partial charge in [0.15, 0.2) is 0 Å². The number of fused-ring (bicyclic) bond motifs is 3. The summed E-state index contributed by atoms with van der Waals surface area (Å²) >= 11 is 0. The van der Waals surface area contributed by atoms with Crippen molar-refractivity contribution in [3.8, 4) is 11.3 Å². The summed E-state index contributed by atoms with van der Waals surface area (Å²) in [6.07, 6.45) is 4.39. The molecule has 4 nitrogen and oxygen atoms in total. The molecule has 2 fully saturated rings. The van der Waals surface area contributed by atoms with Crippen molar-refractivity contribution in [3.63, 3.8) is 0 Å². The Hall–Kier alpha value is -2.66. The van der Waals surface area contributed by atoms with E-state index in [1.54, 1.807) is 6.07 Å². The molecule has 2 aliphatic heterocycles. The van der Waals surface area contributed by atoms with E-state index in [9.17, 15) is 9.18 Å². The van der Waals surface area contributed by atoms with Gasteiger partial charge in [-0.1, -0.05) is 30.3 Å². The first-order valence-corrected chi connectivity index (χ1v) is 10.4. The molecule has 5 rings (SSSR count). The van der Waals surface area contributed by atoms with E-state index in [1.165, 1.54) is 25.0 Å². The SMILES string of the molecule is CN1[C@@H]2CC[C@H]1CC(NC(=O)c1c(-c3ccccc3)n(C)c3ccc(F)cc13)C2. The van der Waals surface area contributed by atoms with Gasteiger partial charge in [-0.15, -0.1) is 0 Å². The summed E-state index contributed by atoms with van der Waals surface area (Å²) in [5, 5.41) is 3.96. The second-order valence-corrected chi connectivity index (χ2v) is 8.50. The summed E-state index contributed by atoms with van der Waals surface area (Å²) in [6.45, 7) is 0. The van der Waals surface area contributed by atoms with Crippen LogP contribution in [0.4, 0.5) is 4.39 Å². The normalized spacial score (nSPS) is 24.2. The molecule has 2 saturated heterocycles. The number of halogens is 1. The summed E-state index contributed by atoms with van der Waals surface area (Å²) in [5.41, 5.74) is 3.22. The quantitative estimate of drug-likeness (QED) is 0.721. The Bertz CT molecular complexity index is 1060. The molecule has 3 atom stereocenters. The minimum Gasteiger partial charge on any atom is -0.349 e. The van der Waals surface area contributed by atoms with Crippen LogP contribution in [0, 0.1) is 5.82 Å². The number of carbonyl (C=O) groups excluding carboxylic acids is 1. The van der Waals surface area contributed by atoms with Crippen molar-refractivity contribution >= 4 is 16.8 Å². The molecule has 5 heteroatoms. The predicted octanol–water partition coefficient (Wildman–Crippen LogP) is 4.34. The standard InChI is InChI=1S/C24H26FN3O/c1-27-18-9-10-19(27)14-17(13-18)26-24(29)22-20-12-16(25)8-11-21(20)28(2)23(22)15-6-4-3-5-7-15/h3-8,11-12,17-19H,9-10,13-14H2,1-2H3,(H,26,29)/t17?,18-,19+. The molecule has 29 heavy (non-hydrogen) atoms.